The average Bonchev–Trinajstić information content (AvgIpc) is 3.15. The second-order valence-electron chi connectivity index (χ2n) is 14.2. The highest BCUT2D eigenvalue weighted by Crippen LogP contribution is 2.54. The molecule has 9 rings (SSSR count). The van der Waals surface area contributed by atoms with Gasteiger partial charge in [-0.15, -0.1) is 0 Å². The van der Waals surface area contributed by atoms with Gasteiger partial charge in [0.05, 0.1) is 11.4 Å². The third kappa shape index (κ3) is 4.72. The molecular formula is C45H36N4O. The Hall–Kier alpha value is -6.07. The first-order valence-corrected chi connectivity index (χ1v) is 17.1. The van der Waals surface area contributed by atoms with Crippen molar-refractivity contribution in [2.75, 3.05) is 4.90 Å². The van der Waals surface area contributed by atoms with E-state index in [4.69, 9.17) is 19.7 Å². The zero-order valence-electron chi connectivity index (χ0n) is 28.6. The fourth-order valence-electron chi connectivity index (χ4n) is 7.66. The highest BCUT2D eigenvalue weighted by atomic mass is 16.5. The average molecular weight is 649 g/mol. The molecule has 0 spiro atoms. The fraction of sp³-hybridized carbons (Fsp3) is 0.133. The standard InChI is InChI=1S/C45H36N4O/c1-44(2)33-19-11-13-21-37(33)49(38-22-14-12-20-34(38)44)32-24-26-36-40(28-32)50-39-27-31(23-25-35(39)45(36,3)4)43-47-41(29-15-7-5-8-16-29)46-42(48-43)30-17-9-6-10-18-30/h5-28H,1-4H3. The molecule has 0 aliphatic carbocycles. The molecule has 2 aliphatic rings. The molecule has 0 atom stereocenters. The van der Waals surface area contributed by atoms with Crippen LogP contribution in [0.25, 0.3) is 34.2 Å². The van der Waals surface area contributed by atoms with Crippen LogP contribution in [-0.2, 0) is 10.8 Å². The van der Waals surface area contributed by atoms with Gasteiger partial charge in [-0.2, -0.15) is 0 Å². The van der Waals surface area contributed by atoms with Crippen LogP contribution in [0.2, 0.25) is 0 Å². The number of nitrogens with zero attached hydrogens (tertiary/aromatic N) is 4. The summed E-state index contributed by atoms with van der Waals surface area (Å²) < 4.78 is 6.86. The second kappa shape index (κ2) is 11.2. The van der Waals surface area contributed by atoms with Gasteiger partial charge in [-0.1, -0.05) is 143 Å². The smallest absolute Gasteiger partial charge is 0.164 e. The Morgan fingerprint density at radius 3 is 1.42 bits per heavy atom. The van der Waals surface area contributed by atoms with Crippen LogP contribution in [0.1, 0.15) is 49.9 Å². The Morgan fingerprint density at radius 1 is 0.420 bits per heavy atom. The maximum Gasteiger partial charge on any atom is 0.164 e. The van der Waals surface area contributed by atoms with Gasteiger partial charge in [0.25, 0.3) is 0 Å². The normalized spacial score (nSPS) is 14.8. The Bertz CT molecular complexity index is 2310. The zero-order valence-corrected chi connectivity index (χ0v) is 28.6. The summed E-state index contributed by atoms with van der Waals surface area (Å²) in [5.74, 6) is 3.52. The van der Waals surface area contributed by atoms with Gasteiger partial charge in [0.2, 0.25) is 0 Å². The lowest BCUT2D eigenvalue weighted by atomic mass is 9.73. The van der Waals surface area contributed by atoms with E-state index in [0.29, 0.717) is 17.5 Å². The van der Waals surface area contributed by atoms with E-state index in [1.807, 2.05) is 60.7 Å². The van der Waals surface area contributed by atoms with Crippen LogP contribution in [0.3, 0.4) is 0 Å². The predicted octanol–water partition coefficient (Wildman–Crippen LogP) is 11.4. The first-order chi connectivity index (χ1) is 24.3. The Balaban J connectivity index is 1.15. The van der Waals surface area contributed by atoms with E-state index in [2.05, 4.69) is 118 Å². The molecule has 0 bridgehead atoms. The molecule has 0 unspecified atom stereocenters. The van der Waals surface area contributed by atoms with Crippen LogP contribution >= 0.6 is 0 Å². The van der Waals surface area contributed by atoms with E-state index in [0.717, 1.165) is 45.0 Å². The van der Waals surface area contributed by atoms with Crippen molar-refractivity contribution in [3.63, 3.8) is 0 Å². The van der Waals surface area contributed by atoms with Crippen molar-refractivity contribution in [2.45, 2.75) is 38.5 Å². The summed E-state index contributed by atoms with van der Waals surface area (Å²) in [4.78, 5) is 17.2. The topological polar surface area (TPSA) is 51.1 Å². The van der Waals surface area contributed by atoms with Gasteiger partial charge in [-0.25, -0.2) is 15.0 Å². The Kier molecular flexibility index (Phi) is 6.75. The van der Waals surface area contributed by atoms with Gasteiger partial charge in [0.15, 0.2) is 17.5 Å². The summed E-state index contributed by atoms with van der Waals surface area (Å²) in [5.41, 5.74) is 10.7. The number of ether oxygens (including phenoxy) is 1. The molecule has 2 aliphatic heterocycles. The summed E-state index contributed by atoms with van der Waals surface area (Å²) in [6.07, 6.45) is 0. The highest BCUT2D eigenvalue weighted by molar-refractivity contribution is 5.86. The summed E-state index contributed by atoms with van der Waals surface area (Å²) >= 11 is 0. The second-order valence-corrected chi connectivity index (χ2v) is 14.2. The van der Waals surface area contributed by atoms with Gasteiger partial charge in [-0.05, 0) is 35.4 Å². The number of hydrogen-bond acceptors (Lipinski definition) is 5. The minimum absolute atomic E-state index is 0.124. The minimum Gasteiger partial charge on any atom is -0.457 e. The molecule has 0 amide bonds. The number of para-hydroxylation sites is 2. The summed E-state index contributed by atoms with van der Waals surface area (Å²) in [5, 5.41) is 0. The molecule has 0 radical (unpaired) electrons. The van der Waals surface area contributed by atoms with E-state index in [1.165, 1.54) is 22.5 Å². The lowest BCUT2D eigenvalue weighted by Crippen LogP contribution is -2.30. The van der Waals surface area contributed by atoms with Crippen molar-refractivity contribution >= 4 is 17.1 Å². The van der Waals surface area contributed by atoms with Gasteiger partial charge in [0.1, 0.15) is 11.5 Å². The largest absolute Gasteiger partial charge is 0.457 e. The van der Waals surface area contributed by atoms with Crippen molar-refractivity contribution in [3.05, 3.63) is 168 Å². The van der Waals surface area contributed by atoms with E-state index < -0.39 is 0 Å². The number of anilines is 3. The van der Waals surface area contributed by atoms with E-state index in [-0.39, 0.29) is 10.8 Å². The van der Waals surface area contributed by atoms with Crippen LogP contribution in [0.4, 0.5) is 17.1 Å². The van der Waals surface area contributed by atoms with Crippen molar-refractivity contribution in [1.29, 1.82) is 0 Å². The molecule has 0 saturated carbocycles. The lowest BCUT2D eigenvalue weighted by molar-refractivity contribution is 0.418. The molecule has 6 aromatic carbocycles. The Labute approximate surface area is 292 Å². The van der Waals surface area contributed by atoms with Crippen molar-refractivity contribution in [1.82, 2.24) is 15.0 Å². The molecule has 242 valence electrons. The van der Waals surface area contributed by atoms with Gasteiger partial charge < -0.3 is 9.64 Å². The van der Waals surface area contributed by atoms with E-state index >= 15 is 0 Å². The van der Waals surface area contributed by atoms with Crippen LogP contribution < -0.4 is 9.64 Å². The van der Waals surface area contributed by atoms with Crippen molar-refractivity contribution in [3.8, 4) is 45.7 Å². The molecule has 5 nitrogen and oxygen atoms in total. The lowest BCUT2D eigenvalue weighted by Gasteiger charge is -2.42. The van der Waals surface area contributed by atoms with Crippen molar-refractivity contribution < 1.29 is 4.74 Å². The Morgan fingerprint density at radius 2 is 0.860 bits per heavy atom. The first-order valence-electron chi connectivity index (χ1n) is 17.1. The number of rotatable bonds is 4. The molecule has 0 saturated heterocycles. The number of fused-ring (bicyclic) bond motifs is 4. The van der Waals surface area contributed by atoms with Crippen LogP contribution in [0, 0.1) is 0 Å². The maximum absolute atomic E-state index is 6.86. The minimum atomic E-state index is -0.289. The SMILES string of the molecule is CC1(C)c2ccc(-c3nc(-c4ccccc4)nc(-c4ccccc4)n3)cc2Oc2cc(N3c4ccccc4C(C)(C)c4ccccc43)ccc21. The van der Waals surface area contributed by atoms with Gasteiger partial charge >= 0.3 is 0 Å². The van der Waals surface area contributed by atoms with Crippen LogP contribution in [-0.4, -0.2) is 15.0 Å². The molecule has 50 heavy (non-hydrogen) atoms. The number of hydrogen-bond donors (Lipinski definition) is 0. The summed E-state index contributed by atoms with van der Waals surface area (Å²) in [7, 11) is 0. The molecule has 1 aromatic heterocycles. The number of benzene rings is 6. The fourth-order valence-corrected chi connectivity index (χ4v) is 7.66. The monoisotopic (exact) mass is 648 g/mol. The molecule has 0 fully saturated rings. The van der Waals surface area contributed by atoms with E-state index in [9.17, 15) is 0 Å². The predicted molar refractivity (Wildman–Crippen MR) is 202 cm³/mol. The number of aromatic nitrogens is 3. The molecule has 3 heterocycles. The third-order valence-corrected chi connectivity index (χ3v) is 10.4. The summed E-state index contributed by atoms with van der Waals surface area (Å²) in [6.45, 7) is 9.16. The highest BCUT2D eigenvalue weighted by Gasteiger charge is 2.38. The van der Waals surface area contributed by atoms with E-state index in [1.54, 1.807) is 0 Å². The van der Waals surface area contributed by atoms with Crippen LogP contribution in [0.5, 0.6) is 11.5 Å². The first kappa shape index (κ1) is 30.0. The maximum atomic E-state index is 6.86. The van der Waals surface area contributed by atoms with Gasteiger partial charge in [-0.3, -0.25) is 0 Å². The van der Waals surface area contributed by atoms with Crippen molar-refractivity contribution in [2.24, 2.45) is 0 Å². The summed E-state index contributed by atoms with van der Waals surface area (Å²) in [6, 6.07) is 50.6. The zero-order chi connectivity index (χ0) is 34.0. The molecule has 0 N–H and O–H groups in total. The molecule has 7 aromatic rings. The quantitative estimate of drug-likeness (QED) is 0.190. The molecule has 5 heteroatoms. The van der Waals surface area contributed by atoms with Crippen LogP contribution in [0.15, 0.2) is 146 Å². The third-order valence-electron chi connectivity index (χ3n) is 10.4. The molecular weight excluding hydrogens is 613 g/mol. The van der Waals surface area contributed by atoms with Gasteiger partial charge in [0, 0.05) is 50.4 Å².